The number of hydrogen-bond acceptors (Lipinski definition) is 6. The second kappa shape index (κ2) is 10.4. The van der Waals surface area contributed by atoms with Crippen LogP contribution < -0.4 is 18.9 Å². The van der Waals surface area contributed by atoms with E-state index in [0.29, 0.717) is 17.4 Å². The minimum Gasteiger partial charge on any atom is -0.870 e. The molecule has 0 unspecified atom stereocenters. The molecule has 2 aromatic rings. The molecular formula is C20H14Cl2F6LiN2O4S-. The number of nitrogens with zero attached hydrogens (tertiary/aromatic N) is 2. The Morgan fingerprint density at radius 2 is 1.53 bits per heavy atom. The SMILES string of the molecule is O=[C-]c1nc(C(=O)N2C3CCC2CC3)c(-c2ccc(C(O)(C(F)(F)F)C(F)(F)F)c(Cl)c2Cl)s1.[Li+].[OH-]. The van der Waals surface area contributed by atoms with Crippen molar-refractivity contribution >= 4 is 46.7 Å². The Morgan fingerprint density at radius 3 is 1.97 bits per heavy atom. The number of halogens is 8. The summed E-state index contributed by atoms with van der Waals surface area (Å²) in [5.41, 5.74) is -7.45. The summed E-state index contributed by atoms with van der Waals surface area (Å²) in [5, 5.41) is 7.46. The molecule has 0 saturated carbocycles. The van der Waals surface area contributed by atoms with Crippen molar-refractivity contribution in [3.8, 4) is 10.4 Å². The third-order valence-corrected chi connectivity index (χ3v) is 8.01. The van der Waals surface area contributed by atoms with Gasteiger partial charge in [-0.2, -0.15) is 26.3 Å². The minimum absolute atomic E-state index is 0. The van der Waals surface area contributed by atoms with Crippen LogP contribution in [-0.2, 0) is 10.4 Å². The summed E-state index contributed by atoms with van der Waals surface area (Å²) in [6, 6.07) is 1.06. The zero-order chi connectivity index (χ0) is 25.2. The van der Waals surface area contributed by atoms with Gasteiger partial charge in [0, 0.05) is 23.2 Å². The van der Waals surface area contributed by atoms with E-state index >= 15 is 0 Å². The third kappa shape index (κ3) is 4.68. The Labute approximate surface area is 226 Å². The van der Waals surface area contributed by atoms with Crippen molar-refractivity contribution in [3.05, 3.63) is 38.4 Å². The number of hydrogen-bond donors (Lipinski definition) is 1. The van der Waals surface area contributed by atoms with Crippen molar-refractivity contribution in [1.82, 2.24) is 9.88 Å². The fraction of sp³-hybridized carbons (Fsp3) is 0.450. The number of carbonyl (C=O) groups is 1. The summed E-state index contributed by atoms with van der Waals surface area (Å²) in [5.74, 6) is -0.531. The van der Waals surface area contributed by atoms with E-state index < -0.39 is 39.5 Å². The van der Waals surface area contributed by atoms with Crippen molar-refractivity contribution in [2.24, 2.45) is 0 Å². The van der Waals surface area contributed by atoms with Gasteiger partial charge in [-0.15, -0.1) is 11.3 Å². The molecule has 0 aliphatic carbocycles. The molecule has 3 heterocycles. The van der Waals surface area contributed by atoms with Crippen LogP contribution in [0.25, 0.3) is 10.4 Å². The van der Waals surface area contributed by atoms with Crippen molar-refractivity contribution in [3.63, 3.8) is 0 Å². The molecule has 2 fully saturated rings. The number of fused-ring (bicyclic) bond motifs is 2. The summed E-state index contributed by atoms with van der Waals surface area (Å²) < 4.78 is 79.9. The standard InChI is InChI=1S/C20H13Cl2F6N2O3S.Li.H2O/c21-13-10(5-6-11(14(13)22)18(33,19(23,24)25)20(26,27)28)16-15(29-12(7-31)34-16)17(32)30-8-1-2-9(30)4-3-8;;/h5-6,8-9,33H,1-4H2;;1H2/q-1;+1;/p-1. The second-order valence-corrected chi connectivity index (χ2v) is 9.72. The third-order valence-electron chi connectivity index (χ3n) is 6.14. The maximum Gasteiger partial charge on any atom is 1.00 e. The van der Waals surface area contributed by atoms with Gasteiger partial charge in [-0.05, 0) is 30.7 Å². The molecule has 1 amide bonds. The van der Waals surface area contributed by atoms with E-state index in [-0.39, 0.29) is 57.6 Å². The molecule has 0 spiro atoms. The van der Waals surface area contributed by atoms with Crippen LogP contribution >= 0.6 is 34.5 Å². The Balaban J connectivity index is 0.00000228. The van der Waals surface area contributed by atoms with Gasteiger partial charge < -0.3 is 20.3 Å². The number of rotatable bonds is 4. The van der Waals surface area contributed by atoms with E-state index in [1.54, 1.807) is 4.90 Å². The van der Waals surface area contributed by atoms with Gasteiger partial charge in [-0.1, -0.05) is 35.3 Å². The van der Waals surface area contributed by atoms with Crippen LogP contribution in [0.1, 0.15) is 46.7 Å². The van der Waals surface area contributed by atoms with Crippen molar-refractivity contribution in [2.75, 3.05) is 0 Å². The summed E-state index contributed by atoms with van der Waals surface area (Å²) in [7, 11) is 0. The van der Waals surface area contributed by atoms with Gasteiger partial charge in [0.25, 0.3) is 11.5 Å². The molecule has 0 radical (unpaired) electrons. The molecule has 2 aliphatic rings. The molecule has 2 saturated heterocycles. The van der Waals surface area contributed by atoms with Crippen molar-refractivity contribution in [1.29, 1.82) is 0 Å². The van der Waals surface area contributed by atoms with Crippen LogP contribution in [0.15, 0.2) is 12.1 Å². The number of alkyl halides is 6. The Kier molecular flexibility index (Phi) is 8.96. The molecule has 2 aliphatic heterocycles. The predicted octanol–water partition coefficient (Wildman–Crippen LogP) is 2.48. The van der Waals surface area contributed by atoms with E-state index in [4.69, 9.17) is 23.2 Å². The molecule has 36 heavy (non-hydrogen) atoms. The summed E-state index contributed by atoms with van der Waals surface area (Å²) in [4.78, 5) is 30.0. The first kappa shape index (κ1) is 30.9. The summed E-state index contributed by atoms with van der Waals surface area (Å²) in [6.45, 7) is 0. The molecule has 2 bridgehead atoms. The largest absolute Gasteiger partial charge is 1.00 e. The Bertz CT molecular complexity index is 1140. The Morgan fingerprint density at radius 1 is 1.03 bits per heavy atom. The zero-order valence-electron chi connectivity index (χ0n) is 18.2. The normalized spacial score (nSPS) is 19.6. The number of amides is 1. The van der Waals surface area contributed by atoms with Gasteiger partial charge in [0.1, 0.15) is 5.69 Å². The van der Waals surface area contributed by atoms with E-state index in [9.17, 15) is 41.0 Å². The maximum atomic E-state index is 13.3. The van der Waals surface area contributed by atoms with E-state index in [2.05, 4.69) is 4.98 Å². The fourth-order valence-electron chi connectivity index (χ4n) is 4.53. The molecule has 2 N–H and O–H groups in total. The molecule has 0 atom stereocenters. The zero-order valence-corrected chi connectivity index (χ0v) is 20.5. The van der Waals surface area contributed by atoms with Crippen molar-refractivity contribution in [2.45, 2.75) is 55.7 Å². The molecule has 1 aromatic carbocycles. The number of aromatic nitrogens is 1. The quantitative estimate of drug-likeness (QED) is 0.346. The first-order valence-corrected chi connectivity index (χ1v) is 11.4. The van der Waals surface area contributed by atoms with Gasteiger partial charge >= 0.3 is 31.2 Å². The molecule has 1 aromatic heterocycles. The van der Waals surface area contributed by atoms with Gasteiger partial charge in [0.15, 0.2) is 0 Å². The fourth-order valence-corrected chi connectivity index (χ4v) is 6.03. The predicted molar refractivity (Wildman–Crippen MR) is 113 cm³/mol. The number of aliphatic hydroxyl groups is 1. The Hall–Kier alpha value is -1.33. The van der Waals surface area contributed by atoms with E-state index in [1.165, 1.54) is 6.29 Å². The van der Waals surface area contributed by atoms with Crippen LogP contribution in [0.2, 0.25) is 10.0 Å². The number of thiazole rings is 1. The second-order valence-electron chi connectivity index (χ2n) is 7.97. The summed E-state index contributed by atoms with van der Waals surface area (Å²) in [6.07, 6.45) is -7.65. The van der Waals surface area contributed by atoms with Gasteiger partial charge in [0.05, 0.1) is 14.9 Å². The van der Waals surface area contributed by atoms with E-state index in [0.717, 1.165) is 31.7 Å². The van der Waals surface area contributed by atoms with Crippen LogP contribution in [0.3, 0.4) is 0 Å². The van der Waals surface area contributed by atoms with Gasteiger partial charge in [-0.3, -0.25) is 9.78 Å². The van der Waals surface area contributed by atoms with Gasteiger partial charge in [-0.25, -0.2) is 6.29 Å². The van der Waals surface area contributed by atoms with Gasteiger partial charge in [0.2, 0.25) is 0 Å². The monoisotopic (exact) mass is 569 g/mol. The minimum atomic E-state index is -6.17. The van der Waals surface area contributed by atoms with Crippen molar-refractivity contribution < 1.29 is 65.4 Å². The van der Waals surface area contributed by atoms with Crippen LogP contribution in [0.5, 0.6) is 0 Å². The first-order valence-electron chi connectivity index (χ1n) is 9.78. The smallest absolute Gasteiger partial charge is 0.870 e. The average Bonchev–Trinajstić information content (AvgIpc) is 3.47. The summed E-state index contributed by atoms with van der Waals surface area (Å²) >= 11 is 12.5. The van der Waals surface area contributed by atoms with Crippen LogP contribution in [-0.4, -0.2) is 57.1 Å². The van der Waals surface area contributed by atoms with Crippen LogP contribution in [0.4, 0.5) is 26.3 Å². The number of carbonyl (C=O) groups excluding carboxylic acids is 2. The number of benzene rings is 1. The topological polar surface area (TPSA) is 100 Å². The molecule has 4 rings (SSSR count). The first-order chi connectivity index (χ1) is 15.7. The molecule has 16 heteroatoms. The van der Waals surface area contributed by atoms with E-state index in [1.807, 2.05) is 0 Å². The average molecular weight is 570 g/mol. The maximum absolute atomic E-state index is 13.3. The molecule has 192 valence electrons. The molecule has 6 nitrogen and oxygen atoms in total. The van der Waals surface area contributed by atoms with Crippen LogP contribution in [0, 0.1) is 0 Å². The molecular weight excluding hydrogens is 556 g/mol.